The zero-order valence-corrected chi connectivity index (χ0v) is 17.4. The van der Waals surface area contributed by atoms with E-state index in [1.165, 1.54) is 25.7 Å². The number of aromatic nitrogens is 2. The molecule has 1 atom stereocenters. The van der Waals surface area contributed by atoms with Crippen LogP contribution in [-0.2, 0) is 11.3 Å². The van der Waals surface area contributed by atoms with Crippen molar-refractivity contribution in [2.24, 2.45) is 5.92 Å². The Morgan fingerprint density at radius 3 is 2.68 bits per heavy atom. The van der Waals surface area contributed by atoms with E-state index < -0.39 is 0 Å². The molecular formula is C22H35N5O. The number of nitrogens with zero attached hydrogens (tertiary/aromatic N) is 4. The minimum Gasteiger partial charge on any atom is -0.353 e. The summed E-state index contributed by atoms with van der Waals surface area (Å²) < 4.78 is 0. The summed E-state index contributed by atoms with van der Waals surface area (Å²) in [5, 5.41) is 3.21. The van der Waals surface area contributed by atoms with Crippen LogP contribution in [0.25, 0.3) is 0 Å². The maximum atomic E-state index is 12.4. The molecule has 0 spiro atoms. The van der Waals surface area contributed by atoms with Gasteiger partial charge >= 0.3 is 0 Å². The van der Waals surface area contributed by atoms with Gasteiger partial charge in [-0.05, 0) is 51.1 Å². The number of rotatable bonds is 6. The molecular weight excluding hydrogens is 350 g/mol. The van der Waals surface area contributed by atoms with Gasteiger partial charge in [-0.3, -0.25) is 14.6 Å². The maximum Gasteiger partial charge on any atom is 0.224 e. The van der Waals surface area contributed by atoms with E-state index in [0.717, 1.165) is 57.1 Å². The lowest BCUT2D eigenvalue weighted by molar-refractivity contribution is -0.127. The van der Waals surface area contributed by atoms with Gasteiger partial charge in [0.1, 0.15) is 5.82 Å². The molecule has 2 aliphatic heterocycles. The quantitative estimate of drug-likeness (QED) is 0.815. The third-order valence-corrected chi connectivity index (χ3v) is 6.45. The molecule has 6 nitrogen and oxygen atoms in total. The Morgan fingerprint density at radius 2 is 1.96 bits per heavy atom. The molecule has 0 unspecified atom stereocenters. The first-order chi connectivity index (χ1) is 13.6. The van der Waals surface area contributed by atoms with Crippen LogP contribution in [0.1, 0.15) is 69.8 Å². The van der Waals surface area contributed by atoms with Gasteiger partial charge in [0.25, 0.3) is 0 Å². The van der Waals surface area contributed by atoms with Crippen molar-refractivity contribution in [3.05, 3.63) is 23.8 Å². The Kier molecular flexibility index (Phi) is 6.26. The van der Waals surface area contributed by atoms with E-state index in [1.54, 1.807) is 0 Å². The van der Waals surface area contributed by atoms with Crippen molar-refractivity contribution in [3.63, 3.8) is 0 Å². The van der Waals surface area contributed by atoms with Crippen molar-refractivity contribution < 1.29 is 4.79 Å². The largest absolute Gasteiger partial charge is 0.353 e. The molecule has 1 amide bonds. The highest BCUT2D eigenvalue weighted by Crippen LogP contribution is 2.26. The van der Waals surface area contributed by atoms with Crippen LogP contribution in [0.15, 0.2) is 12.3 Å². The van der Waals surface area contributed by atoms with Crippen LogP contribution in [-0.4, -0.2) is 63.9 Å². The molecule has 0 aromatic carbocycles. The van der Waals surface area contributed by atoms with Crippen molar-refractivity contribution in [3.8, 4) is 0 Å². The number of nitrogens with one attached hydrogen (secondary N) is 1. The van der Waals surface area contributed by atoms with E-state index >= 15 is 0 Å². The minimum atomic E-state index is 0.197. The van der Waals surface area contributed by atoms with E-state index in [-0.39, 0.29) is 5.92 Å². The molecule has 1 N–H and O–H groups in total. The van der Waals surface area contributed by atoms with Gasteiger partial charge in [0.15, 0.2) is 0 Å². The molecule has 3 fully saturated rings. The number of likely N-dealkylation sites (tertiary alicyclic amines) is 2. The standard InChI is InChI=1S/C22H35N5O/c1-16(2)21-23-10-7-19(24-21)15-26-12-8-20(9-13-26)27-11-3-4-17(14-27)22(28)25-18-5-6-18/h7,10,16-18,20H,3-6,8-9,11-15H2,1-2H3,(H,25,28)/t17-/m0/s1. The molecule has 2 saturated heterocycles. The Balaban J connectivity index is 1.25. The zero-order valence-electron chi connectivity index (χ0n) is 17.4. The van der Waals surface area contributed by atoms with Gasteiger partial charge in [0.2, 0.25) is 5.91 Å². The Bertz CT molecular complexity index is 667. The molecule has 1 aromatic rings. The summed E-state index contributed by atoms with van der Waals surface area (Å²) in [4.78, 5) is 26.7. The minimum absolute atomic E-state index is 0.197. The van der Waals surface area contributed by atoms with Crippen molar-refractivity contribution in [2.75, 3.05) is 26.2 Å². The fourth-order valence-electron chi connectivity index (χ4n) is 4.55. The number of amides is 1. The van der Waals surface area contributed by atoms with E-state index in [1.807, 2.05) is 12.3 Å². The van der Waals surface area contributed by atoms with Crippen molar-refractivity contribution >= 4 is 5.91 Å². The average Bonchev–Trinajstić information content (AvgIpc) is 3.53. The smallest absolute Gasteiger partial charge is 0.224 e. The fourth-order valence-corrected chi connectivity index (χ4v) is 4.55. The Hall–Kier alpha value is -1.53. The third-order valence-electron chi connectivity index (χ3n) is 6.45. The Morgan fingerprint density at radius 1 is 1.18 bits per heavy atom. The molecule has 3 heterocycles. The number of hydrogen-bond donors (Lipinski definition) is 1. The third kappa shape index (κ3) is 5.09. The van der Waals surface area contributed by atoms with Gasteiger partial charge < -0.3 is 5.32 Å². The molecule has 3 aliphatic rings. The van der Waals surface area contributed by atoms with Crippen molar-refractivity contribution in [1.82, 2.24) is 25.1 Å². The molecule has 1 saturated carbocycles. The lowest BCUT2D eigenvalue weighted by atomic mass is 9.93. The second-order valence-corrected chi connectivity index (χ2v) is 9.19. The lowest BCUT2D eigenvalue weighted by Crippen LogP contribution is -2.50. The maximum absolute atomic E-state index is 12.4. The monoisotopic (exact) mass is 385 g/mol. The summed E-state index contributed by atoms with van der Waals surface area (Å²) in [7, 11) is 0. The van der Waals surface area contributed by atoms with Crippen LogP contribution in [0.4, 0.5) is 0 Å². The molecule has 154 valence electrons. The molecule has 6 heteroatoms. The van der Waals surface area contributed by atoms with E-state index in [0.29, 0.717) is 23.9 Å². The van der Waals surface area contributed by atoms with Gasteiger partial charge in [0.05, 0.1) is 11.6 Å². The fraction of sp³-hybridized carbons (Fsp3) is 0.773. The summed E-state index contributed by atoms with van der Waals surface area (Å²) in [6, 6.07) is 3.15. The second kappa shape index (κ2) is 8.87. The molecule has 1 aliphatic carbocycles. The van der Waals surface area contributed by atoms with E-state index in [9.17, 15) is 4.79 Å². The van der Waals surface area contributed by atoms with Crippen LogP contribution in [0.3, 0.4) is 0 Å². The molecule has 4 rings (SSSR count). The van der Waals surface area contributed by atoms with Gasteiger partial charge in [-0.15, -0.1) is 0 Å². The molecule has 0 radical (unpaired) electrons. The van der Waals surface area contributed by atoms with Crippen LogP contribution >= 0.6 is 0 Å². The van der Waals surface area contributed by atoms with Crippen LogP contribution < -0.4 is 5.32 Å². The highest BCUT2D eigenvalue weighted by atomic mass is 16.2. The molecule has 28 heavy (non-hydrogen) atoms. The SMILES string of the molecule is CC(C)c1nccc(CN2CCC(N3CCC[C@H](C(=O)NC4CC4)C3)CC2)n1. The van der Waals surface area contributed by atoms with Gasteiger partial charge in [0, 0.05) is 50.4 Å². The molecule has 1 aromatic heterocycles. The second-order valence-electron chi connectivity index (χ2n) is 9.19. The van der Waals surface area contributed by atoms with Gasteiger partial charge in [-0.1, -0.05) is 13.8 Å². The number of piperidine rings is 2. The normalized spacial score (nSPS) is 25.2. The van der Waals surface area contributed by atoms with Gasteiger partial charge in [-0.25, -0.2) is 9.97 Å². The number of carbonyl (C=O) groups excluding carboxylic acids is 1. The predicted molar refractivity (Wildman–Crippen MR) is 110 cm³/mol. The summed E-state index contributed by atoms with van der Waals surface area (Å²) >= 11 is 0. The van der Waals surface area contributed by atoms with Crippen molar-refractivity contribution in [2.45, 2.75) is 76.9 Å². The van der Waals surface area contributed by atoms with Crippen LogP contribution in [0, 0.1) is 5.92 Å². The lowest BCUT2D eigenvalue weighted by Gasteiger charge is -2.42. The number of carbonyl (C=O) groups is 1. The van der Waals surface area contributed by atoms with Crippen molar-refractivity contribution in [1.29, 1.82) is 0 Å². The summed E-state index contributed by atoms with van der Waals surface area (Å²) in [5.41, 5.74) is 1.13. The highest BCUT2D eigenvalue weighted by Gasteiger charge is 2.33. The first-order valence-electron chi connectivity index (χ1n) is 11.2. The summed E-state index contributed by atoms with van der Waals surface area (Å²) in [6.45, 7) is 9.53. The number of hydrogen-bond acceptors (Lipinski definition) is 5. The first kappa shape index (κ1) is 19.8. The summed E-state index contributed by atoms with van der Waals surface area (Å²) in [6.07, 6.45) is 8.84. The van der Waals surface area contributed by atoms with E-state index in [4.69, 9.17) is 4.98 Å². The van der Waals surface area contributed by atoms with E-state index in [2.05, 4.69) is 33.9 Å². The Labute approximate surface area is 169 Å². The van der Waals surface area contributed by atoms with Crippen LogP contribution in [0.2, 0.25) is 0 Å². The first-order valence-corrected chi connectivity index (χ1v) is 11.2. The van der Waals surface area contributed by atoms with Gasteiger partial charge in [-0.2, -0.15) is 0 Å². The van der Waals surface area contributed by atoms with Crippen LogP contribution in [0.5, 0.6) is 0 Å². The topological polar surface area (TPSA) is 61.4 Å². The highest BCUT2D eigenvalue weighted by molar-refractivity contribution is 5.79. The predicted octanol–water partition coefficient (Wildman–Crippen LogP) is 2.56. The zero-order chi connectivity index (χ0) is 19.5. The summed E-state index contributed by atoms with van der Waals surface area (Å²) in [5.74, 6) is 1.81. The molecule has 0 bridgehead atoms. The average molecular weight is 386 g/mol.